The summed E-state index contributed by atoms with van der Waals surface area (Å²) in [5.41, 5.74) is 0.505. The number of pyridine rings is 1. The van der Waals surface area contributed by atoms with Crippen molar-refractivity contribution in [3.8, 4) is 0 Å². The fraction of sp³-hybridized carbons (Fsp3) is 0.286. The molecule has 2 aromatic heterocycles. The van der Waals surface area contributed by atoms with E-state index in [-0.39, 0.29) is 39.3 Å². The van der Waals surface area contributed by atoms with Crippen LogP contribution in [0.1, 0.15) is 32.0 Å². The maximum atomic E-state index is 15.1. The van der Waals surface area contributed by atoms with Crippen LogP contribution < -0.4 is 0 Å². The minimum absolute atomic E-state index is 0.0860. The first-order chi connectivity index (χ1) is 12.6. The van der Waals surface area contributed by atoms with Gasteiger partial charge in [0.05, 0.1) is 11.2 Å². The van der Waals surface area contributed by atoms with Crippen molar-refractivity contribution < 1.29 is 17.6 Å². The van der Waals surface area contributed by atoms with Crippen LogP contribution >= 0.6 is 0 Å². The zero-order valence-corrected chi connectivity index (χ0v) is 15.4. The van der Waals surface area contributed by atoms with Crippen molar-refractivity contribution in [2.24, 2.45) is 5.41 Å². The van der Waals surface area contributed by atoms with Crippen molar-refractivity contribution >= 4 is 27.3 Å². The smallest absolute Gasteiger partial charge is 0.183 e. The highest BCUT2D eigenvalue weighted by atomic mass is 19.2. The van der Waals surface area contributed by atoms with Gasteiger partial charge in [-0.05, 0) is 42.5 Å². The van der Waals surface area contributed by atoms with Crippen molar-refractivity contribution in [3.63, 3.8) is 0 Å². The van der Waals surface area contributed by atoms with Crippen LogP contribution in [0.5, 0.6) is 0 Å². The van der Waals surface area contributed by atoms with Gasteiger partial charge in [-0.1, -0.05) is 20.8 Å². The maximum absolute atomic E-state index is 15.1. The summed E-state index contributed by atoms with van der Waals surface area (Å²) in [6.45, 7) is 7.40. The summed E-state index contributed by atoms with van der Waals surface area (Å²) in [6.07, 6.45) is 1.81. The van der Waals surface area contributed by atoms with Gasteiger partial charge in [-0.25, -0.2) is 22.5 Å². The first-order valence-electron chi connectivity index (χ1n) is 8.64. The maximum Gasteiger partial charge on any atom is 0.183 e. The van der Waals surface area contributed by atoms with E-state index < -0.39 is 23.3 Å². The van der Waals surface area contributed by atoms with E-state index in [4.69, 9.17) is 0 Å². The van der Waals surface area contributed by atoms with Crippen molar-refractivity contribution in [1.82, 2.24) is 9.38 Å². The molecule has 2 aromatic carbocycles. The van der Waals surface area contributed by atoms with Gasteiger partial charge in [-0.15, -0.1) is 0 Å². The molecule has 0 spiro atoms. The molecule has 0 aliphatic rings. The van der Waals surface area contributed by atoms with E-state index in [2.05, 4.69) is 4.98 Å². The Morgan fingerprint density at radius 1 is 0.963 bits per heavy atom. The number of nitrogens with zero attached hydrogens (tertiary/aromatic N) is 2. The largest absolute Gasteiger partial charge is 0.296 e. The summed E-state index contributed by atoms with van der Waals surface area (Å²) in [6, 6.07) is 3.86. The molecule has 2 nitrogen and oxygen atoms in total. The van der Waals surface area contributed by atoms with Crippen molar-refractivity contribution in [3.05, 3.63) is 58.9 Å². The lowest BCUT2D eigenvalue weighted by Gasteiger charge is -2.20. The Bertz CT molecular complexity index is 1230. The summed E-state index contributed by atoms with van der Waals surface area (Å²) in [5, 5.41) is 0.393. The van der Waals surface area contributed by atoms with Crippen LogP contribution in [0.4, 0.5) is 17.6 Å². The predicted octanol–water partition coefficient (Wildman–Crippen LogP) is 6.09. The average molecular weight is 374 g/mol. The Balaban J connectivity index is 2.29. The molecule has 0 aliphatic heterocycles. The summed E-state index contributed by atoms with van der Waals surface area (Å²) in [4.78, 5) is 4.30. The third kappa shape index (κ3) is 2.66. The lowest BCUT2D eigenvalue weighted by atomic mass is 9.87. The summed E-state index contributed by atoms with van der Waals surface area (Å²) in [7, 11) is 0. The number of fused-ring (bicyclic) bond motifs is 6. The van der Waals surface area contributed by atoms with Crippen molar-refractivity contribution in [2.75, 3.05) is 0 Å². The zero-order valence-electron chi connectivity index (χ0n) is 15.4. The minimum Gasteiger partial charge on any atom is -0.296 e. The van der Waals surface area contributed by atoms with E-state index in [9.17, 15) is 13.2 Å². The van der Waals surface area contributed by atoms with Crippen molar-refractivity contribution in [2.45, 2.75) is 34.1 Å². The first kappa shape index (κ1) is 17.8. The molecule has 0 radical (unpaired) electrons. The predicted molar refractivity (Wildman–Crippen MR) is 97.9 cm³/mol. The Labute approximate surface area is 153 Å². The van der Waals surface area contributed by atoms with Crippen LogP contribution in [0.2, 0.25) is 0 Å². The average Bonchev–Trinajstić information content (AvgIpc) is 2.95. The quantitative estimate of drug-likeness (QED) is 0.291. The third-order valence-electron chi connectivity index (χ3n) is 4.65. The fourth-order valence-corrected chi connectivity index (χ4v) is 3.65. The lowest BCUT2D eigenvalue weighted by molar-refractivity contribution is 0.396. The van der Waals surface area contributed by atoms with Crippen LogP contribution in [-0.2, 0) is 6.42 Å². The van der Waals surface area contributed by atoms with Gasteiger partial charge in [0.15, 0.2) is 23.3 Å². The van der Waals surface area contributed by atoms with Gasteiger partial charge >= 0.3 is 0 Å². The third-order valence-corrected chi connectivity index (χ3v) is 4.65. The Hall–Kier alpha value is -2.63. The van der Waals surface area contributed by atoms with Gasteiger partial charge in [0.2, 0.25) is 0 Å². The van der Waals surface area contributed by atoms with Gasteiger partial charge in [-0.3, -0.25) is 4.40 Å². The summed E-state index contributed by atoms with van der Waals surface area (Å²) < 4.78 is 60.0. The molecule has 0 saturated carbocycles. The number of aryl methyl sites for hydroxylation is 1. The zero-order chi connectivity index (χ0) is 19.7. The highest BCUT2D eigenvalue weighted by Gasteiger charge is 2.24. The highest BCUT2D eigenvalue weighted by Crippen LogP contribution is 2.36. The number of hydrogen-bond donors (Lipinski definition) is 0. The highest BCUT2D eigenvalue weighted by molar-refractivity contribution is 6.12. The summed E-state index contributed by atoms with van der Waals surface area (Å²) in [5.74, 6) is -4.19. The van der Waals surface area contributed by atoms with E-state index in [1.165, 1.54) is 16.5 Å². The molecule has 0 N–H and O–H groups in total. The first-order valence-corrected chi connectivity index (χ1v) is 8.64. The Morgan fingerprint density at radius 3 is 2.33 bits per heavy atom. The van der Waals surface area contributed by atoms with E-state index in [1.54, 1.807) is 13.1 Å². The topological polar surface area (TPSA) is 17.3 Å². The standard InChI is InChI=1S/C21H18F4N2/c1-10-9-27-19-13(7-11(8-21(2,3)4)16(23)18(19)25)15-12(20(27)26-10)5-6-14(22)17(15)24/h5-7,9H,8H2,1-4H3. The fourth-order valence-electron chi connectivity index (χ4n) is 3.65. The van der Waals surface area contributed by atoms with E-state index in [1.807, 2.05) is 20.8 Å². The van der Waals surface area contributed by atoms with Gasteiger partial charge in [0, 0.05) is 22.4 Å². The van der Waals surface area contributed by atoms with Crippen molar-refractivity contribution in [1.29, 1.82) is 0 Å². The van der Waals surface area contributed by atoms with Gasteiger partial charge < -0.3 is 0 Å². The van der Waals surface area contributed by atoms with Gasteiger partial charge in [0.1, 0.15) is 5.65 Å². The van der Waals surface area contributed by atoms with Crippen LogP contribution in [0.15, 0.2) is 24.4 Å². The van der Waals surface area contributed by atoms with E-state index in [0.29, 0.717) is 11.1 Å². The molecule has 0 atom stereocenters. The molecule has 0 fully saturated rings. The number of rotatable bonds is 1. The molecule has 27 heavy (non-hydrogen) atoms. The van der Waals surface area contributed by atoms with E-state index >= 15 is 4.39 Å². The number of imidazole rings is 1. The van der Waals surface area contributed by atoms with Gasteiger partial charge in [0.25, 0.3) is 0 Å². The number of halogens is 4. The second-order valence-electron chi connectivity index (χ2n) is 8.16. The molecule has 140 valence electrons. The molecule has 6 heteroatoms. The van der Waals surface area contributed by atoms with Crippen LogP contribution in [0, 0.1) is 35.6 Å². The molecule has 0 aliphatic carbocycles. The van der Waals surface area contributed by atoms with Crippen LogP contribution in [0.25, 0.3) is 27.3 Å². The lowest BCUT2D eigenvalue weighted by Crippen LogP contribution is -2.12. The monoisotopic (exact) mass is 374 g/mol. The molecule has 0 amide bonds. The molecule has 0 unspecified atom stereocenters. The van der Waals surface area contributed by atoms with Crippen LogP contribution in [-0.4, -0.2) is 9.38 Å². The summed E-state index contributed by atoms with van der Waals surface area (Å²) >= 11 is 0. The normalized spacial score (nSPS) is 12.6. The molecular weight excluding hydrogens is 356 g/mol. The van der Waals surface area contributed by atoms with Gasteiger partial charge in [-0.2, -0.15) is 0 Å². The van der Waals surface area contributed by atoms with E-state index in [0.717, 1.165) is 6.07 Å². The molecule has 2 heterocycles. The number of benzene rings is 2. The molecular formula is C21H18F4N2. The minimum atomic E-state index is -1.09. The SMILES string of the molecule is Cc1cn2c(n1)c1ccc(F)c(F)c1c1cc(CC(C)(C)C)c(F)c(F)c12. The number of aromatic nitrogens is 2. The Kier molecular flexibility index (Phi) is 3.74. The second kappa shape index (κ2) is 5.68. The molecule has 0 bridgehead atoms. The molecule has 4 aromatic rings. The number of hydrogen-bond acceptors (Lipinski definition) is 1. The Morgan fingerprint density at radius 2 is 1.67 bits per heavy atom. The second-order valence-corrected chi connectivity index (χ2v) is 8.16. The molecule has 4 rings (SSSR count). The molecule has 0 saturated heterocycles. The van der Waals surface area contributed by atoms with Crippen LogP contribution in [0.3, 0.4) is 0 Å².